The zero-order chi connectivity index (χ0) is 15.6. The van der Waals surface area contributed by atoms with E-state index in [-0.39, 0.29) is 17.1 Å². The molecule has 0 aliphatic heterocycles. The van der Waals surface area contributed by atoms with Crippen molar-refractivity contribution in [2.45, 2.75) is 11.4 Å². The standard InChI is InChI=1S/C14H14Cl2N2O2S/c1-18(9-10-4-2-3-5-12(10)16)21(19,20)14-7-6-11(15)8-13(14)17/h2-8H,9,17H2,1H3. The van der Waals surface area contributed by atoms with Crippen LogP contribution in [-0.4, -0.2) is 19.8 Å². The lowest BCUT2D eigenvalue weighted by atomic mass is 10.2. The first-order valence-electron chi connectivity index (χ1n) is 6.07. The topological polar surface area (TPSA) is 63.4 Å². The Hall–Kier alpha value is -1.27. The van der Waals surface area contributed by atoms with Gasteiger partial charge >= 0.3 is 0 Å². The number of sulfonamides is 1. The highest BCUT2D eigenvalue weighted by Crippen LogP contribution is 2.26. The summed E-state index contributed by atoms with van der Waals surface area (Å²) in [6.45, 7) is 0.157. The molecule has 0 radical (unpaired) electrons. The van der Waals surface area contributed by atoms with Crippen LogP contribution in [0.5, 0.6) is 0 Å². The SMILES string of the molecule is CN(Cc1ccccc1Cl)S(=O)(=O)c1ccc(Cl)cc1N. The number of rotatable bonds is 4. The molecule has 112 valence electrons. The van der Waals surface area contributed by atoms with Crippen LogP contribution >= 0.6 is 23.2 Å². The molecular formula is C14H14Cl2N2O2S. The summed E-state index contributed by atoms with van der Waals surface area (Å²) in [6, 6.07) is 11.4. The van der Waals surface area contributed by atoms with E-state index < -0.39 is 10.0 Å². The van der Waals surface area contributed by atoms with Gasteiger partial charge in [-0.1, -0.05) is 41.4 Å². The Morgan fingerprint density at radius 1 is 1.14 bits per heavy atom. The van der Waals surface area contributed by atoms with Crippen molar-refractivity contribution in [3.63, 3.8) is 0 Å². The van der Waals surface area contributed by atoms with E-state index >= 15 is 0 Å². The van der Waals surface area contributed by atoms with Crippen LogP contribution in [0.4, 0.5) is 5.69 Å². The molecule has 21 heavy (non-hydrogen) atoms. The van der Waals surface area contributed by atoms with E-state index in [1.165, 1.54) is 29.6 Å². The van der Waals surface area contributed by atoms with Gasteiger partial charge in [-0.3, -0.25) is 0 Å². The number of hydrogen-bond acceptors (Lipinski definition) is 3. The average Bonchev–Trinajstić information content (AvgIpc) is 2.40. The van der Waals surface area contributed by atoms with Gasteiger partial charge in [-0.25, -0.2) is 8.42 Å². The summed E-state index contributed by atoms with van der Waals surface area (Å²) < 4.78 is 26.3. The molecule has 0 aromatic heterocycles. The number of benzene rings is 2. The fourth-order valence-corrected chi connectivity index (χ4v) is 3.49. The van der Waals surface area contributed by atoms with Gasteiger partial charge in [0.2, 0.25) is 10.0 Å². The van der Waals surface area contributed by atoms with Crippen molar-refractivity contribution in [2.24, 2.45) is 0 Å². The summed E-state index contributed by atoms with van der Waals surface area (Å²) in [5.74, 6) is 0. The van der Waals surface area contributed by atoms with Gasteiger partial charge in [-0.05, 0) is 29.8 Å². The lowest BCUT2D eigenvalue weighted by Gasteiger charge is -2.19. The van der Waals surface area contributed by atoms with Crippen molar-refractivity contribution in [3.05, 3.63) is 58.1 Å². The van der Waals surface area contributed by atoms with Crippen LogP contribution in [0.15, 0.2) is 47.4 Å². The molecule has 4 nitrogen and oxygen atoms in total. The highest BCUT2D eigenvalue weighted by Gasteiger charge is 2.24. The van der Waals surface area contributed by atoms with Gasteiger partial charge < -0.3 is 5.73 Å². The number of nitrogens with zero attached hydrogens (tertiary/aromatic N) is 1. The van der Waals surface area contributed by atoms with E-state index in [1.807, 2.05) is 0 Å². The maximum Gasteiger partial charge on any atom is 0.245 e. The molecule has 0 aliphatic carbocycles. The smallest absolute Gasteiger partial charge is 0.245 e. The second-order valence-corrected chi connectivity index (χ2v) is 7.39. The highest BCUT2D eigenvalue weighted by molar-refractivity contribution is 7.89. The lowest BCUT2D eigenvalue weighted by Crippen LogP contribution is -2.27. The second kappa shape index (κ2) is 6.23. The third-order valence-electron chi connectivity index (χ3n) is 3.01. The molecule has 0 amide bonds. The van der Waals surface area contributed by atoms with Crippen LogP contribution < -0.4 is 5.73 Å². The Morgan fingerprint density at radius 2 is 1.81 bits per heavy atom. The molecular weight excluding hydrogens is 331 g/mol. The summed E-state index contributed by atoms with van der Waals surface area (Å²) in [7, 11) is -2.23. The second-order valence-electron chi connectivity index (χ2n) is 4.53. The minimum atomic E-state index is -3.71. The molecule has 0 saturated heterocycles. The van der Waals surface area contributed by atoms with E-state index in [9.17, 15) is 8.42 Å². The largest absolute Gasteiger partial charge is 0.398 e. The monoisotopic (exact) mass is 344 g/mol. The van der Waals surface area contributed by atoms with Crippen LogP contribution in [0.1, 0.15) is 5.56 Å². The third kappa shape index (κ3) is 3.49. The Morgan fingerprint density at radius 3 is 2.43 bits per heavy atom. The fraction of sp³-hybridized carbons (Fsp3) is 0.143. The van der Waals surface area contributed by atoms with Crippen molar-refractivity contribution >= 4 is 38.9 Å². The highest BCUT2D eigenvalue weighted by atomic mass is 35.5. The van der Waals surface area contributed by atoms with Crippen molar-refractivity contribution in [1.29, 1.82) is 0 Å². The molecule has 2 rings (SSSR count). The van der Waals surface area contributed by atoms with Gasteiger partial charge in [0, 0.05) is 23.6 Å². The number of hydrogen-bond donors (Lipinski definition) is 1. The van der Waals surface area contributed by atoms with Crippen molar-refractivity contribution in [3.8, 4) is 0 Å². The summed E-state index contributed by atoms with van der Waals surface area (Å²) in [4.78, 5) is 0.0291. The zero-order valence-corrected chi connectivity index (χ0v) is 13.6. The third-order valence-corrected chi connectivity index (χ3v) is 5.49. The molecule has 2 N–H and O–H groups in total. The number of nitrogens with two attached hydrogens (primary N) is 1. The normalized spacial score (nSPS) is 11.8. The van der Waals surface area contributed by atoms with Gasteiger partial charge in [0.25, 0.3) is 0 Å². The van der Waals surface area contributed by atoms with Crippen molar-refractivity contribution in [2.75, 3.05) is 12.8 Å². The minimum Gasteiger partial charge on any atom is -0.398 e. The average molecular weight is 345 g/mol. The lowest BCUT2D eigenvalue weighted by molar-refractivity contribution is 0.467. The Balaban J connectivity index is 2.33. The molecule has 2 aromatic carbocycles. The van der Waals surface area contributed by atoms with E-state index in [0.717, 1.165) is 5.56 Å². The Kier molecular flexibility index (Phi) is 4.78. The van der Waals surface area contributed by atoms with Crippen LogP contribution in [0.3, 0.4) is 0 Å². The quantitative estimate of drug-likeness (QED) is 0.864. The summed E-state index contributed by atoms with van der Waals surface area (Å²) >= 11 is 11.8. The maximum atomic E-state index is 12.5. The Labute approximate surface area is 134 Å². The molecule has 0 fully saturated rings. The molecule has 0 heterocycles. The predicted octanol–water partition coefficient (Wildman–Crippen LogP) is 3.40. The molecule has 0 atom stereocenters. The Bertz CT molecular complexity index is 763. The summed E-state index contributed by atoms with van der Waals surface area (Å²) in [6.07, 6.45) is 0. The number of nitrogen functional groups attached to an aromatic ring is 1. The van der Waals surface area contributed by atoms with Crippen molar-refractivity contribution < 1.29 is 8.42 Å². The van der Waals surface area contributed by atoms with Crippen molar-refractivity contribution in [1.82, 2.24) is 4.31 Å². The molecule has 2 aromatic rings. The summed E-state index contributed by atoms with van der Waals surface area (Å²) in [5, 5.41) is 0.906. The maximum absolute atomic E-state index is 12.5. The first-order valence-corrected chi connectivity index (χ1v) is 8.27. The molecule has 0 bridgehead atoms. The van der Waals surface area contributed by atoms with Gasteiger partial charge in [-0.2, -0.15) is 4.31 Å². The molecule has 7 heteroatoms. The van der Waals surface area contributed by atoms with E-state index in [4.69, 9.17) is 28.9 Å². The number of halogens is 2. The van der Waals surface area contributed by atoms with Gasteiger partial charge in [0.15, 0.2) is 0 Å². The zero-order valence-electron chi connectivity index (χ0n) is 11.3. The van der Waals surface area contributed by atoms with E-state index in [1.54, 1.807) is 24.3 Å². The predicted molar refractivity (Wildman–Crippen MR) is 86.0 cm³/mol. The molecule has 0 saturated carbocycles. The van der Waals surface area contributed by atoms with E-state index in [0.29, 0.717) is 10.0 Å². The number of anilines is 1. The molecule has 0 unspecified atom stereocenters. The molecule has 0 aliphatic rings. The van der Waals surface area contributed by atoms with Gasteiger partial charge in [-0.15, -0.1) is 0 Å². The van der Waals surface area contributed by atoms with Crippen LogP contribution in [0.25, 0.3) is 0 Å². The van der Waals surface area contributed by atoms with Crippen LogP contribution in [0.2, 0.25) is 10.0 Å². The van der Waals surface area contributed by atoms with Crippen LogP contribution in [0, 0.1) is 0 Å². The summed E-state index contributed by atoms with van der Waals surface area (Å²) in [5.41, 5.74) is 6.59. The molecule has 0 spiro atoms. The fourth-order valence-electron chi connectivity index (χ4n) is 1.87. The van der Waals surface area contributed by atoms with Gasteiger partial charge in [0.05, 0.1) is 5.69 Å². The minimum absolute atomic E-state index is 0.0291. The first kappa shape index (κ1) is 16.1. The van der Waals surface area contributed by atoms with E-state index in [2.05, 4.69) is 0 Å². The first-order chi connectivity index (χ1) is 9.82. The van der Waals surface area contributed by atoms with Crippen LogP contribution in [-0.2, 0) is 16.6 Å². The van der Waals surface area contributed by atoms with Gasteiger partial charge in [0.1, 0.15) is 4.90 Å².